The summed E-state index contributed by atoms with van der Waals surface area (Å²) in [6, 6.07) is 21.9. The van der Waals surface area contributed by atoms with Crippen LogP contribution < -0.4 is 14.2 Å². The Morgan fingerprint density at radius 3 is 2.38 bits per heavy atom. The average molecular weight is 1030 g/mol. The van der Waals surface area contributed by atoms with Crippen molar-refractivity contribution in [1.82, 2.24) is 9.88 Å². The molecule has 13 nitrogen and oxygen atoms in total. The van der Waals surface area contributed by atoms with Crippen LogP contribution in [0.1, 0.15) is 113 Å². The maximum Gasteiger partial charge on any atom is 0.527 e. The van der Waals surface area contributed by atoms with Crippen molar-refractivity contribution in [1.29, 1.82) is 0 Å². The van der Waals surface area contributed by atoms with Gasteiger partial charge in [0, 0.05) is 41.3 Å². The van der Waals surface area contributed by atoms with Crippen LogP contribution in [0.2, 0.25) is 5.02 Å². The first-order valence-corrected chi connectivity index (χ1v) is 26.1. The molecule has 3 aliphatic carbocycles. The second-order valence-electron chi connectivity index (χ2n) is 20.2. The lowest BCUT2D eigenvalue weighted by atomic mass is 9.59. The zero-order chi connectivity index (χ0) is 51.4. The molecule has 1 fully saturated rings. The van der Waals surface area contributed by atoms with Gasteiger partial charge in [0.15, 0.2) is 0 Å². The number of ether oxygens (including phenoxy) is 3. The maximum atomic E-state index is 14.6. The van der Waals surface area contributed by atoms with Crippen LogP contribution in [0, 0.1) is 11.8 Å². The van der Waals surface area contributed by atoms with E-state index in [9.17, 15) is 37.0 Å². The van der Waals surface area contributed by atoms with Crippen LogP contribution in [0.3, 0.4) is 0 Å². The molecule has 0 aliphatic heterocycles. The third-order valence-corrected chi connectivity index (χ3v) is 15.3. The Morgan fingerprint density at radius 1 is 0.972 bits per heavy atom. The first-order chi connectivity index (χ1) is 33.5. The van der Waals surface area contributed by atoms with E-state index in [1.165, 1.54) is 29.2 Å². The number of carbonyl (C=O) groups is 3. The SMILES string of the molecule is COC(=O)C1(N(C(=O)C(F)(F)F)c2cccc(Cl)c2)CCC2(CC1)c1cc(OP(=O)(O)OCCN(CCc3ccccc3)C(=O)OC(C)(C)C)ccc1C[C@@H]2C[C@@H](C)COc1ccnc2c1[C@H](C)CCC2. The quantitative estimate of drug-likeness (QED) is 0.0794. The number of anilines is 1. The topological polar surface area (TPSA) is 154 Å². The van der Waals surface area contributed by atoms with Gasteiger partial charge in [-0.25, -0.2) is 14.2 Å². The summed E-state index contributed by atoms with van der Waals surface area (Å²) in [4.78, 5) is 58.4. The van der Waals surface area contributed by atoms with Crippen molar-refractivity contribution in [2.24, 2.45) is 11.8 Å². The van der Waals surface area contributed by atoms with Gasteiger partial charge >= 0.3 is 32.0 Å². The summed E-state index contributed by atoms with van der Waals surface area (Å²) in [7, 11) is -3.74. The normalized spacial score (nSPS) is 22.1. The monoisotopic (exact) mass is 1030 g/mol. The Kier molecular flexibility index (Phi) is 16.6. The van der Waals surface area contributed by atoms with Crippen LogP contribution in [-0.4, -0.2) is 83.5 Å². The number of pyridine rings is 1. The number of halogens is 4. The van der Waals surface area contributed by atoms with Crippen molar-refractivity contribution in [3.8, 4) is 11.5 Å². The molecule has 0 saturated heterocycles. The summed E-state index contributed by atoms with van der Waals surface area (Å²) in [6.45, 7) is 9.66. The summed E-state index contributed by atoms with van der Waals surface area (Å²) < 4.78 is 86.0. The molecule has 2 amide bonds. The predicted octanol–water partition coefficient (Wildman–Crippen LogP) is 11.7. The number of rotatable bonds is 17. The Balaban J connectivity index is 1.16. The highest BCUT2D eigenvalue weighted by atomic mass is 35.5. The molecular weight excluding hydrogens is 962 g/mol. The number of carbonyl (C=O) groups excluding carboxylic acids is 3. The molecule has 384 valence electrons. The number of benzene rings is 3. The Hall–Kier alpha value is -5.15. The molecule has 4 aromatic rings. The third-order valence-electron chi connectivity index (χ3n) is 14.1. The first kappa shape index (κ1) is 53.6. The molecule has 3 aromatic carbocycles. The molecule has 0 bridgehead atoms. The van der Waals surface area contributed by atoms with Crippen LogP contribution in [0.4, 0.5) is 23.7 Å². The van der Waals surface area contributed by atoms with Crippen LogP contribution in [0.5, 0.6) is 11.5 Å². The largest absolute Gasteiger partial charge is 0.527 e. The predicted molar refractivity (Wildman–Crippen MR) is 263 cm³/mol. The van der Waals surface area contributed by atoms with E-state index in [0.717, 1.165) is 60.1 Å². The number of aryl methyl sites for hydroxylation is 1. The molecule has 1 aromatic heterocycles. The fraction of sp³-hybridized carbons (Fsp3) is 0.509. The van der Waals surface area contributed by atoms with Gasteiger partial charge in [-0.2, -0.15) is 13.2 Å². The zero-order valence-corrected chi connectivity index (χ0v) is 42.8. The van der Waals surface area contributed by atoms with Gasteiger partial charge in [0.05, 0.1) is 20.3 Å². The summed E-state index contributed by atoms with van der Waals surface area (Å²) in [5.41, 5.74) is 0.923. The number of hydrogen-bond donors (Lipinski definition) is 1. The molecule has 18 heteroatoms. The van der Waals surface area contributed by atoms with Gasteiger partial charge in [0.25, 0.3) is 0 Å². The van der Waals surface area contributed by atoms with Crippen molar-refractivity contribution < 1.29 is 60.3 Å². The number of alkyl halides is 3. The Labute approximate surface area is 418 Å². The number of aromatic nitrogens is 1. The Bertz CT molecular complexity index is 2590. The number of phosphoric ester groups is 1. The Morgan fingerprint density at radius 2 is 1.70 bits per heavy atom. The van der Waals surface area contributed by atoms with Gasteiger partial charge in [-0.1, -0.05) is 67.9 Å². The van der Waals surface area contributed by atoms with Crippen molar-refractivity contribution in [3.63, 3.8) is 0 Å². The molecule has 1 N–H and O–H groups in total. The van der Waals surface area contributed by atoms with Crippen molar-refractivity contribution in [3.05, 3.63) is 118 Å². The minimum Gasteiger partial charge on any atom is -0.493 e. The number of esters is 1. The molecular formula is C53H64ClF3N3O10P. The zero-order valence-electron chi connectivity index (χ0n) is 41.1. The van der Waals surface area contributed by atoms with E-state index in [1.54, 1.807) is 45.2 Å². The van der Waals surface area contributed by atoms with Crippen LogP contribution in [0.15, 0.2) is 85.1 Å². The van der Waals surface area contributed by atoms with Gasteiger partial charge in [-0.3, -0.25) is 24.1 Å². The average Bonchev–Trinajstić information content (AvgIpc) is 3.59. The molecule has 1 spiro atoms. The fourth-order valence-electron chi connectivity index (χ4n) is 10.9. The number of methoxy groups -OCH3 is 1. The van der Waals surface area contributed by atoms with E-state index in [-0.39, 0.29) is 73.7 Å². The van der Waals surface area contributed by atoms with E-state index >= 15 is 0 Å². The summed E-state index contributed by atoms with van der Waals surface area (Å²) in [5.74, 6) is -2.29. The number of nitrogens with zero attached hydrogens (tertiary/aromatic N) is 3. The second kappa shape index (κ2) is 21.9. The lowest BCUT2D eigenvalue weighted by Crippen LogP contribution is -2.63. The lowest BCUT2D eigenvalue weighted by molar-refractivity contribution is -0.174. The van der Waals surface area contributed by atoms with Gasteiger partial charge in [0.1, 0.15) is 22.6 Å². The summed E-state index contributed by atoms with van der Waals surface area (Å²) in [5, 5.41) is 0.0681. The van der Waals surface area contributed by atoms with Crippen LogP contribution in [-0.2, 0) is 52.8 Å². The van der Waals surface area contributed by atoms with E-state index in [1.807, 2.05) is 36.4 Å². The second-order valence-corrected chi connectivity index (χ2v) is 22.0. The van der Waals surface area contributed by atoms with Crippen molar-refractivity contribution >= 4 is 43.1 Å². The number of hydrogen-bond acceptors (Lipinski definition) is 10. The van der Waals surface area contributed by atoms with E-state index < -0.39 is 48.5 Å². The molecule has 0 radical (unpaired) electrons. The minimum atomic E-state index is -5.36. The summed E-state index contributed by atoms with van der Waals surface area (Å²) >= 11 is 6.28. The van der Waals surface area contributed by atoms with Gasteiger partial charge < -0.3 is 23.6 Å². The highest BCUT2D eigenvalue weighted by Crippen LogP contribution is 2.58. The smallest absolute Gasteiger partial charge is 0.493 e. The fourth-order valence-corrected chi connectivity index (χ4v) is 11.8. The van der Waals surface area contributed by atoms with Gasteiger partial charge in [0.2, 0.25) is 0 Å². The number of phosphoric acid groups is 1. The first-order valence-electron chi connectivity index (χ1n) is 24.2. The van der Waals surface area contributed by atoms with E-state index in [4.69, 9.17) is 34.9 Å². The highest BCUT2D eigenvalue weighted by Gasteiger charge is 2.60. The van der Waals surface area contributed by atoms with E-state index in [0.29, 0.717) is 36.7 Å². The maximum absolute atomic E-state index is 14.6. The standard InChI is InChI=1S/C53H64ClF3N3O10P/c1-35(34-67-45-20-26-58-44-17-10-12-36(2)46(44)45)30-39-31-38-18-19-42(70-71(64,65)68-29-28-59(49(63)69-50(3,4)5)27-21-37-13-8-7-9-14-37)33-43(38)51(39)22-24-52(25-23-51,48(62)66-6)60(47(61)53(55,56)57)41-16-11-15-40(54)32-41/h7-9,11,13-16,18-20,26,32-33,35-36,39H,10,12,17,21-25,27-31,34H2,1-6H3,(H,64,65)/t35-,36-,39+,51?,52?/m1/s1. The van der Waals surface area contributed by atoms with Crippen molar-refractivity contribution in [2.75, 3.05) is 38.3 Å². The lowest BCUT2D eigenvalue weighted by Gasteiger charge is -2.51. The van der Waals surface area contributed by atoms with Crippen LogP contribution in [0.25, 0.3) is 0 Å². The molecule has 4 atom stereocenters. The third kappa shape index (κ3) is 12.6. The van der Waals surface area contributed by atoms with Gasteiger partial charge in [-0.05, 0) is 161 Å². The van der Waals surface area contributed by atoms with Crippen LogP contribution >= 0.6 is 19.4 Å². The molecule has 71 heavy (non-hydrogen) atoms. The molecule has 3 aliphatic rings. The molecule has 1 saturated carbocycles. The molecule has 1 heterocycles. The van der Waals surface area contributed by atoms with Crippen molar-refractivity contribution in [2.45, 2.75) is 127 Å². The minimum absolute atomic E-state index is 0.00764. The molecule has 7 rings (SSSR count). The molecule has 1 unspecified atom stereocenters. The van der Waals surface area contributed by atoms with Gasteiger partial charge in [-0.15, -0.1) is 0 Å². The number of fused-ring (bicyclic) bond motifs is 3. The van der Waals surface area contributed by atoms with E-state index in [2.05, 4.69) is 18.8 Å². The highest BCUT2D eigenvalue weighted by molar-refractivity contribution is 7.47. The summed E-state index contributed by atoms with van der Waals surface area (Å²) in [6.07, 6.45) is 0.257. The number of amides is 2.